The van der Waals surface area contributed by atoms with Crippen molar-refractivity contribution in [2.45, 2.75) is 19.4 Å². The first-order chi connectivity index (χ1) is 11.6. The maximum absolute atomic E-state index is 11.6. The zero-order chi connectivity index (χ0) is 16.9. The molecular weight excluding hydrogens is 322 g/mol. The van der Waals surface area contributed by atoms with Gasteiger partial charge in [-0.3, -0.25) is 9.78 Å². The van der Waals surface area contributed by atoms with Gasteiger partial charge in [0.1, 0.15) is 10.0 Å². The van der Waals surface area contributed by atoms with Crippen molar-refractivity contribution in [3.05, 3.63) is 59.4 Å². The number of anilines is 1. The van der Waals surface area contributed by atoms with Crippen molar-refractivity contribution < 1.29 is 4.79 Å². The highest BCUT2D eigenvalue weighted by Crippen LogP contribution is 2.28. The van der Waals surface area contributed by atoms with Crippen LogP contribution in [0.15, 0.2) is 48.8 Å². The van der Waals surface area contributed by atoms with Crippen molar-refractivity contribution in [2.24, 2.45) is 0 Å². The first-order valence-corrected chi connectivity index (χ1v) is 8.29. The van der Waals surface area contributed by atoms with Crippen molar-refractivity contribution in [3.63, 3.8) is 0 Å². The molecule has 0 saturated heterocycles. The van der Waals surface area contributed by atoms with E-state index in [0.717, 1.165) is 21.1 Å². The second-order valence-corrected chi connectivity index (χ2v) is 6.40. The predicted octanol–water partition coefficient (Wildman–Crippen LogP) is 2.60. The van der Waals surface area contributed by atoms with Gasteiger partial charge >= 0.3 is 0 Å². The van der Waals surface area contributed by atoms with Gasteiger partial charge in [-0.15, -0.1) is 10.2 Å². The van der Waals surface area contributed by atoms with E-state index < -0.39 is 0 Å². The van der Waals surface area contributed by atoms with E-state index >= 15 is 0 Å². The molecule has 0 aliphatic carbocycles. The number of amides is 1. The number of pyridine rings is 1. The summed E-state index contributed by atoms with van der Waals surface area (Å²) in [6.45, 7) is 1.50. The maximum Gasteiger partial charge on any atom is 0.217 e. The fraction of sp³-hybridized carbons (Fsp3) is 0.176. The molecule has 0 aliphatic rings. The van der Waals surface area contributed by atoms with Gasteiger partial charge in [0.25, 0.3) is 0 Å². The van der Waals surface area contributed by atoms with Gasteiger partial charge in [-0.25, -0.2) is 0 Å². The quantitative estimate of drug-likeness (QED) is 0.697. The SMILES string of the molecule is CC(=O)NC(Cc1ccc(N)cc1)c1nnc(-c2cccnc2)s1. The number of carbonyl (C=O) groups is 1. The van der Waals surface area contributed by atoms with Crippen LogP contribution in [0.5, 0.6) is 0 Å². The number of rotatable bonds is 5. The van der Waals surface area contributed by atoms with Crippen LogP contribution in [0.1, 0.15) is 23.5 Å². The van der Waals surface area contributed by atoms with Crippen LogP contribution in [0.4, 0.5) is 5.69 Å². The third-order valence-corrected chi connectivity index (χ3v) is 4.53. The van der Waals surface area contributed by atoms with Crippen LogP contribution in [-0.2, 0) is 11.2 Å². The molecule has 2 aromatic heterocycles. The molecule has 6 nitrogen and oxygen atoms in total. The maximum atomic E-state index is 11.6. The molecule has 3 rings (SSSR count). The van der Waals surface area contributed by atoms with Crippen molar-refractivity contribution >= 4 is 22.9 Å². The fourth-order valence-electron chi connectivity index (χ4n) is 2.32. The summed E-state index contributed by atoms with van der Waals surface area (Å²) in [6, 6.07) is 11.2. The molecule has 0 fully saturated rings. The number of benzene rings is 1. The number of carbonyl (C=O) groups excluding carboxylic acids is 1. The molecular formula is C17H17N5OS. The normalized spacial score (nSPS) is 11.9. The molecule has 122 valence electrons. The van der Waals surface area contributed by atoms with E-state index in [4.69, 9.17) is 5.73 Å². The Balaban J connectivity index is 1.84. The molecule has 1 atom stereocenters. The molecule has 1 aromatic carbocycles. The molecule has 24 heavy (non-hydrogen) atoms. The van der Waals surface area contributed by atoms with E-state index in [1.54, 1.807) is 12.4 Å². The lowest BCUT2D eigenvalue weighted by atomic mass is 10.1. The standard InChI is InChI=1S/C17H17N5OS/c1-11(23)20-15(9-12-4-6-14(18)7-5-12)17-22-21-16(24-17)13-3-2-8-19-10-13/h2-8,10,15H,9,18H2,1H3,(H,20,23). The van der Waals surface area contributed by atoms with Crippen molar-refractivity contribution in [1.29, 1.82) is 0 Å². The third kappa shape index (κ3) is 3.94. The molecule has 3 N–H and O–H groups in total. The Morgan fingerprint density at radius 3 is 2.71 bits per heavy atom. The van der Waals surface area contributed by atoms with Gasteiger partial charge in [-0.05, 0) is 36.2 Å². The number of nitrogens with one attached hydrogen (secondary N) is 1. The zero-order valence-electron chi connectivity index (χ0n) is 13.1. The summed E-state index contributed by atoms with van der Waals surface area (Å²) in [5.41, 5.74) is 8.42. The average molecular weight is 339 g/mol. The van der Waals surface area contributed by atoms with Gasteiger partial charge < -0.3 is 11.1 Å². The molecule has 1 unspecified atom stereocenters. The van der Waals surface area contributed by atoms with Crippen LogP contribution in [0.2, 0.25) is 0 Å². The number of nitrogen functional groups attached to an aromatic ring is 1. The second-order valence-electron chi connectivity index (χ2n) is 5.39. The Kier molecular flexibility index (Phi) is 4.81. The smallest absolute Gasteiger partial charge is 0.217 e. The van der Waals surface area contributed by atoms with Gasteiger partial charge in [0.2, 0.25) is 5.91 Å². The van der Waals surface area contributed by atoms with Crippen molar-refractivity contribution in [2.75, 3.05) is 5.73 Å². The van der Waals surface area contributed by atoms with Gasteiger partial charge in [0.15, 0.2) is 0 Å². The number of aromatic nitrogens is 3. The van der Waals surface area contributed by atoms with E-state index in [1.165, 1.54) is 18.3 Å². The van der Waals surface area contributed by atoms with Gasteiger partial charge in [-0.2, -0.15) is 0 Å². The summed E-state index contributed by atoms with van der Waals surface area (Å²) >= 11 is 1.46. The molecule has 1 amide bonds. The van der Waals surface area contributed by atoms with Crippen LogP contribution >= 0.6 is 11.3 Å². The van der Waals surface area contributed by atoms with Crippen molar-refractivity contribution in [3.8, 4) is 10.6 Å². The lowest BCUT2D eigenvalue weighted by molar-refractivity contribution is -0.119. The van der Waals surface area contributed by atoms with Gasteiger partial charge in [-0.1, -0.05) is 23.5 Å². The Bertz CT molecular complexity index is 817. The average Bonchev–Trinajstić information content (AvgIpc) is 3.07. The minimum atomic E-state index is -0.228. The summed E-state index contributed by atoms with van der Waals surface area (Å²) in [7, 11) is 0. The van der Waals surface area contributed by atoms with Crippen LogP contribution in [0.3, 0.4) is 0 Å². The Labute approximate surface area is 143 Å². The van der Waals surface area contributed by atoms with Crippen molar-refractivity contribution in [1.82, 2.24) is 20.5 Å². The molecule has 2 heterocycles. The summed E-state index contributed by atoms with van der Waals surface area (Å²) in [5.74, 6) is -0.103. The summed E-state index contributed by atoms with van der Waals surface area (Å²) < 4.78 is 0. The Hall–Kier alpha value is -2.80. The minimum Gasteiger partial charge on any atom is -0.399 e. The van der Waals surface area contributed by atoms with Gasteiger partial charge in [0, 0.05) is 30.6 Å². The van der Waals surface area contributed by atoms with Crippen LogP contribution in [-0.4, -0.2) is 21.1 Å². The van der Waals surface area contributed by atoms with Gasteiger partial charge in [0.05, 0.1) is 6.04 Å². The molecule has 3 aromatic rings. The lowest BCUT2D eigenvalue weighted by Gasteiger charge is -2.15. The topological polar surface area (TPSA) is 93.8 Å². The first-order valence-electron chi connectivity index (χ1n) is 7.47. The van der Waals surface area contributed by atoms with Crippen LogP contribution in [0.25, 0.3) is 10.6 Å². The van der Waals surface area contributed by atoms with E-state index in [1.807, 2.05) is 36.4 Å². The molecule has 0 radical (unpaired) electrons. The Morgan fingerprint density at radius 2 is 2.04 bits per heavy atom. The number of nitrogens with zero attached hydrogens (tertiary/aromatic N) is 3. The third-order valence-electron chi connectivity index (χ3n) is 3.44. The lowest BCUT2D eigenvalue weighted by Crippen LogP contribution is -2.27. The fourth-order valence-corrected chi connectivity index (χ4v) is 3.20. The van der Waals surface area contributed by atoms with E-state index in [9.17, 15) is 4.79 Å². The number of hydrogen-bond donors (Lipinski definition) is 2. The highest BCUT2D eigenvalue weighted by Gasteiger charge is 2.19. The number of hydrogen-bond acceptors (Lipinski definition) is 6. The highest BCUT2D eigenvalue weighted by molar-refractivity contribution is 7.14. The minimum absolute atomic E-state index is 0.103. The number of nitrogens with two attached hydrogens (primary N) is 1. The first kappa shape index (κ1) is 16.1. The highest BCUT2D eigenvalue weighted by atomic mass is 32.1. The Morgan fingerprint density at radius 1 is 1.25 bits per heavy atom. The molecule has 0 saturated carbocycles. The predicted molar refractivity (Wildman–Crippen MR) is 94.3 cm³/mol. The van der Waals surface area contributed by atoms with Crippen LogP contribution in [0, 0.1) is 0 Å². The monoisotopic (exact) mass is 339 g/mol. The van der Waals surface area contributed by atoms with Crippen LogP contribution < -0.4 is 11.1 Å². The van der Waals surface area contributed by atoms with E-state index in [2.05, 4.69) is 20.5 Å². The zero-order valence-corrected chi connectivity index (χ0v) is 14.0. The summed E-state index contributed by atoms with van der Waals surface area (Å²) in [6.07, 6.45) is 4.09. The second kappa shape index (κ2) is 7.18. The van der Waals surface area contributed by atoms with E-state index in [-0.39, 0.29) is 11.9 Å². The summed E-state index contributed by atoms with van der Waals surface area (Å²) in [4.78, 5) is 15.7. The summed E-state index contributed by atoms with van der Waals surface area (Å²) in [5, 5.41) is 13.0. The largest absolute Gasteiger partial charge is 0.399 e. The molecule has 0 bridgehead atoms. The van der Waals surface area contributed by atoms with E-state index in [0.29, 0.717) is 12.1 Å². The molecule has 7 heteroatoms. The molecule has 0 spiro atoms. The molecule has 0 aliphatic heterocycles.